The van der Waals surface area contributed by atoms with Gasteiger partial charge in [0, 0.05) is 17.8 Å². The first kappa shape index (κ1) is 17.3. The third kappa shape index (κ3) is 4.47. The second-order valence-electron chi connectivity index (χ2n) is 6.88. The average Bonchev–Trinajstić information content (AvgIpc) is 2.96. The Labute approximate surface area is 138 Å². The Morgan fingerprint density at radius 3 is 2.74 bits per heavy atom. The van der Waals surface area contributed by atoms with Crippen molar-refractivity contribution in [1.29, 1.82) is 0 Å². The third-order valence-electron chi connectivity index (χ3n) is 4.43. The summed E-state index contributed by atoms with van der Waals surface area (Å²) in [5.74, 6) is -0.0613. The van der Waals surface area contributed by atoms with E-state index in [1.807, 2.05) is 52.0 Å². The zero-order valence-electron chi connectivity index (χ0n) is 14.5. The van der Waals surface area contributed by atoms with E-state index in [4.69, 9.17) is 0 Å². The van der Waals surface area contributed by atoms with Gasteiger partial charge in [0.05, 0.1) is 0 Å². The lowest BCUT2D eigenvalue weighted by molar-refractivity contribution is -0.126. The minimum atomic E-state index is -0.384. The largest absolute Gasteiger partial charge is 0.349 e. The van der Waals surface area contributed by atoms with Crippen LogP contribution in [0.25, 0.3) is 0 Å². The molecule has 0 saturated carbocycles. The van der Waals surface area contributed by atoms with Gasteiger partial charge in [-0.05, 0) is 57.7 Å². The fourth-order valence-electron chi connectivity index (χ4n) is 2.71. The maximum absolute atomic E-state index is 12.5. The van der Waals surface area contributed by atoms with E-state index in [-0.39, 0.29) is 23.5 Å². The molecule has 126 valence electrons. The van der Waals surface area contributed by atoms with E-state index in [2.05, 4.69) is 10.6 Å². The highest BCUT2D eigenvalue weighted by molar-refractivity contribution is 5.94. The highest BCUT2D eigenvalue weighted by atomic mass is 16.2. The molecule has 1 saturated heterocycles. The number of amides is 3. The second-order valence-corrected chi connectivity index (χ2v) is 6.88. The van der Waals surface area contributed by atoms with Gasteiger partial charge in [0.15, 0.2) is 0 Å². The van der Waals surface area contributed by atoms with E-state index in [0.29, 0.717) is 13.0 Å². The van der Waals surface area contributed by atoms with E-state index in [1.54, 1.807) is 4.90 Å². The lowest BCUT2D eigenvalue weighted by Gasteiger charge is -2.30. The molecular weight excluding hydrogens is 290 g/mol. The van der Waals surface area contributed by atoms with Crippen molar-refractivity contribution >= 4 is 17.6 Å². The van der Waals surface area contributed by atoms with E-state index in [9.17, 15) is 9.59 Å². The molecular formula is C18H27N3O2. The van der Waals surface area contributed by atoms with E-state index in [0.717, 1.165) is 24.1 Å². The molecule has 0 unspecified atom stereocenters. The highest BCUT2D eigenvalue weighted by Crippen LogP contribution is 2.21. The maximum Gasteiger partial charge on any atom is 0.322 e. The van der Waals surface area contributed by atoms with Crippen LogP contribution in [0.15, 0.2) is 24.3 Å². The number of carbonyl (C=O) groups excluding carboxylic acids is 2. The lowest BCUT2D eigenvalue weighted by atomic mass is 10.0. The molecule has 0 aromatic heterocycles. The molecule has 1 fully saturated rings. The van der Waals surface area contributed by atoms with Gasteiger partial charge in [-0.15, -0.1) is 0 Å². The van der Waals surface area contributed by atoms with Crippen LogP contribution >= 0.6 is 0 Å². The minimum Gasteiger partial charge on any atom is -0.349 e. The number of likely N-dealkylation sites (tertiary alicyclic amines) is 1. The molecule has 3 amide bonds. The first-order valence-corrected chi connectivity index (χ1v) is 8.29. The molecule has 5 nitrogen and oxygen atoms in total. The summed E-state index contributed by atoms with van der Waals surface area (Å²) >= 11 is 0. The van der Waals surface area contributed by atoms with Crippen molar-refractivity contribution in [2.75, 3.05) is 11.9 Å². The number of hydrogen-bond donors (Lipinski definition) is 2. The number of nitrogens with one attached hydrogen (secondary N) is 2. The third-order valence-corrected chi connectivity index (χ3v) is 4.43. The number of carbonyl (C=O) groups is 2. The number of hydrogen-bond acceptors (Lipinski definition) is 2. The molecule has 0 spiro atoms. The van der Waals surface area contributed by atoms with Crippen LogP contribution < -0.4 is 10.6 Å². The maximum atomic E-state index is 12.5. The molecule has 0 radical (unpaired) electrons. The summed E-state index contributed by atoms with van der Waals surface area (Å²) in [6.45, 7) is 8.63. The molecule has 0 aliphatic carbocycles. The minimum absolute atomic E-state index is 0.0613. The van der Waals surface area contributed by atoms with Crippen LogP contribution in [0, 0.1) is 6.92 Å². The number of nitrogens with zero attached hydrogens (tertiary/aromatic N) is 1. The van der Waals surface area contributed by atoms with Crippen molar-refractivity contribution in [1.82, 2.24) is 10.2 Å². The van der Waals surface area contributed by atoms with Crippen LogP contribution in [0.4, 0.5) is 10.5 Å². The monoisotopic (exact) mass is 317 g/mol. The van der Waals surface area contributed by atoms with Crippen molar-refractivity contribution in [2.24, 2.45) is 0 Å². The summed E-state index contributed by atoms with van der Waals surface area (Å²) in [7, 11) is 0. The van der Waals surface area contributed by atoms with Crippen LogP contribution in [0.2, 0.25) is 0 Å². The van der Waals surface area contributed by atoms with Gasteiger partial charge in [-0.3, -0.25) is 4.79 Å². The van der Waals surface area contributed by atoms with Crippen molar-refractivity contribution in [3.8, 4) is 0 Å². The number of benzene rings is 1. The van der Waals surface area contributed by atoms with Gasteiger partial charge in [-0.1, -0.05) is 19.1 Å². The number of urea groups is 1. The van der Waals surface area contributed by atoms with Crippen molar-refractivity contribution in [3.63, 3.8) is 0 Å². The van der Waals surface area contributed by atoms with Gasteiger partial charge >= 0.3 is 6.03 Å². The standard InChI is InChI=1S/C18H27N3O2/c1-5-18(3,4)20-16(22)15-10-7-11-21(15)17(23)19-14-9-6-8-13(2)12-14/h6,8-9,12,15H,5,7,10-11H2,1-4H3,(H,19,23)(H,20,22)/t15-/m1/s1. The number of rotatable bonds is 4. The van der Waals surface area contributed by atoms with Crippen LogP contribution in [0.5, 0.6) is 0 Å². The Morgan fingerprint density at radius 2 is 2.09 bits per heavy atom. The molecule has 2 rings (SSSR count). The zero-order chi connectivity index (χ0) is 17.0. The van der Waals surface area contributed by atoms with Crippen LogP contribution in [-0.4, -0.2) is 35.0 Å². The van der Waals surface area contributed by atoms with Crippen molar-refractivity contribution in [2.45, 2.75) is 58.5 Å². The van der Waals surface area contributed by atoms with Crippen molar-refractivity contribution < 1.29 is 9.59 Å². The van der Waals surface area contributed by atoms with Gasteiger partial charge in [0.25, 0.3) is 0 Å². The van der Waals surface area contributed by atoms with Crippen LogP contribution in [-0.2, 0) is 4.79 Å². The highest BCUT2D eigenvalue weighted by Gasteiger charge is 2.35. The summed E-state index contributed by atoms with van der Waals surface area (Å²) in [4.78, 5) is 26.7. The predicted octanol–water partition coefficient (Wildman–Crippen LogP) is 3.30. The number of anilines is 1. The Hall–Kier alpha value is -2.04. The molecule has 2 N–H and O–H groups in total. The molecule has 1 atom stereocenters. The van der Waals surface area contributed by atoms with Crippen molar-refractivity contribution in [3.05, 3.63) is 29.8 Å². The smallest absolute Gasteiger partial charge is 0.322 e. The quantitative estimate of drug-likeness (QED) is 0.895. The molecule has 0 bridgehead atoms. The first-order valence-electron chi connectivity index (χ1n) is 8.29. The molecule has 1 aliphatic rings. The summed E-state index contributed by atoms with van der Waals surface area (Å²) in [6.07, 6.45) is 2.42. The Kier molecular flexibility index (Phi) is 5.29. The second kappa shape index (κ2) is 7.02. The summed E-state index contributed by atoms with van der Waals surface area (Å²) in [6, 6.07) is 7.07. The van der Waals surface area contributed by atoms with E-state index < -0.39 is 0 Å². The fourth-order valence-corrected chi connectivity index (χ4v) is 2.71. The first-order chi connectivity index (χ1) is 10.8. The van der Waals surface area contributed by atoms with Gasteiger partial charge in [-0.25, -0.2) is 4.79 Å². The van der Waals surface area contributed by atoms with Crippen LogP contribution in [0.1, 0.15) is 45.6 Å². The topological polar surface area (TPSA) is 61.4 Å². The zero-order valence-corrected chi connectivity index (χ0v) is 14.5. The number of aryl methyl sites for hydroxylation is 1. The van der Waals surface area contributed by atoms with Gasteiger partial charge < -0.3 is 15.5 Å². The molecule has 5 heteroatoms. The molecule has 1 heterocycles. The normalized spacial score (nSPS) is 17.9. The Bertz CT molecular complexity index is 583. The van der Waals surface area contributed by atoms with Gasteiger partial charge in [0.1, 0.15) is 6.04 Å². The molecule has 1 aromatic carbocycles. The fraction of sp³-hybridized carbons (Fsp3) is 0.556. The summed E-state index contributed by atoms with van der Waals surface area (Å²) in [5.41, 5.74) is 1.59. The molecule has 1 aliphatic heterocycles. The van der Waals surface area contributed by atoms with Crippen LogP contribution in [0.3, 0.4) is 0 Å². The summed E-state index contributed by atoms with van der Waals surface area (Å²) in [5, 5.41) is 5.94. The SMILES string of the molecule is CCC(C)(C)NC(=O)[C@H]1CCCN1C(=O)Nc1cccc(C)c1. The Morgan fingerprint density at radius 1 is 1.35 bits per heavy atom. The van der Waals surface area contributed by atoms with E-state index >= 15 is 0 Å². The van der Waals surface area contributed by atoms with Gasteiger partial charge in [0.2, 0.25) is 5.91 Å². The van der Waals surface area contributed by atoms with E-state index in [1.165, 1.54) is 0 Å². The lowest BCUT2D eigenvalue weighted by Crippen LogP contribution is -2.53. The molecule has 1 aromatic rings. The summed E-state index contributed by atoms with van der Waals surface area (Å²) < 4.78 is 0. The Balaban J connectivity index is 2.03. The molecule has 23 heavy (non-hydrogen) atoms. The average molecular weight is 317 g/mol. The van der Waals surface area contributed by atoms with Gasteiger partial charge in [-0.2, -0.15) is 0 Å². The predicted molar refractivity (Wildman–Crippen MR) is 92.4 cm³/mol.